The molecule has 0 radical (unpaired) electrons. The Hall–Kier alpha value is -3.41. The first-order chi connectivity index (χ1) is 16.0. The van der Waals surface area contributed by atoms with Gasteiger partial charge >= 0.3 is 0 Å². The zero-order chi connectivity index (χ0) is 23.6. The molecule has 0 spiro atoms. The maximum Gasteiger partial charge on any atom is 0.282 e. The third-order valence-corrected chi connectivity index (χ3v) is 4.60. The van der Waals surface area contributed by atoms with Gasteiger partial charge in [0.15, 0.2) is 12.3 Å². The molecule has 0 aliphatic rings. The number of halogens is 1. The lowest BCUT2D eigenvalue weighted by Gasteiger charge is -2.16. The average Bonchev–Trinajstić information content (AvgIpc) is 3.24. The zero-order valence-corrected chi connectivity index (χ0v) is 19.2. The number of oxime groups is 1. The lowest BCUT2D eigenvalue weighted by atomic mass is 10.1. The lowest BCUT2D eigenvalue weighted by Crippen LogP contribution is -2.33. The van der Waals surface area contributed by atoms with E-state index in [9.17, 15) is 4.79 Å². The molecular formula is C21H24ClN7O4. The summed E-state index contributed by atoms with van der Waals surface area (Å²) in [7, 11) is 1.70. The maximum atomic E-state index is 12.4. The van der Waals surface area contributed by atoms with E-state index in [2.05, 4.69) is 31.0 Å². The van der Waals surface area contributed by atoms with E-state index < -0.39 is 12.2 Å². The first-order valence-corrected chi connectivity index (χ1v) is 10.6. The van der Waals surface area contributed by atoms with Crippen LogP contribution in [0.2, 0.25) is 5.02 Å². The van der Waals surface area contributed by atoms with Crippen molar-refractivity contribution in [2.75, 3.05) is 18.5 Å². The zero-order valence-electron chi connectivity index (χ0n) is 18.4. The first-order valence-electron chi connectivity index (χ1n) is 10.2. The molecule has 0 unspecified atom stereocenters. The van der Waals surface area contributed by atoms with Crippen molar-refractivity contribution in [3.8, 4) is 0 Å². The summed E-state index contributed by atoms with van der Waals surface area (Å²) in [6.07, 6.45) is -1.03. The fraction of sp³-hybridized carbons (Fsp3) is 0.333. The van der Waals surface area contributed by atoms with Crippen LogP contribution >= 0.6 is 11.6 Å². The van der Waals surface area contributed by atoms with Crippen molar-refractivity contribution in [2.24, 2.45) is 12.2 Å². The fourth-order valence-corrected chi connectivity index (χ4v) is 2.91. The second kappa shape index (κ2) is 12.0. The predicted molar refractivity (Wildman–Crippen MR) is 121 cm³/mol. The number of anilines is 1. The standard InChI is InChI=1S/C21H24ClN7O4/c1-4-31-21(32-5-2)20(30)24-17-12-11-15(22)16(23-17)13-33-26-18(14-9-7-6-8-10-14)19-25-27-28-29(19)3/h6-12,21H,4-5,13H2,1-3H3,(H,23,24,30). The lowest BCUT2D eigenvalue weighted by molar-refractivity contribution is -0.164. The number of aryl methyl sites for hydroxylation is 1. The molecule has 0 saturated heterocycles. The molecule has 33 heavy (non-hydrogen) atoms. The molecule has 1 N–H and O–H groups in total. The van der Waals surface area contributed by atoms with E-state index >= 15 is 0 Å². The van der Waals surface area contributed by atoms with Crippen LogP contribution in [0.25, 0.3) is 0 Å². The summed E-state index contributed by atoms with van der Waals surface area (Å²) < 4.78 is 12.1. The second-order valence-corrected chi connectivity index (χ2v) is 6.97. The van der Waals surface area contributed by atoms with E-state index in [0.29, 0.717) is 35.5 Å². The van der Waals surface area contributed by atoms with Gasteiger partial charge < -0.3 is 19.6 Å². The quantitative estimate of drug-likeness (QED) is 0.256. The van der Waals surface area contributed by atoms with E-state index in [0.717, 1.165) is 5.56 Å². The number of carbonyl (C=O) groups excluding carboxylic acids is 1. The van der Waals surface area contributed by atoms with Crippen LogP contribution in [-0.2, 0) is 32.8 Å². The van der Waals surface area contributed by atoms with Gasteiger partial charge in [0.25, 0.3) is 5.91 Å². The SMILES string of the molecule is CCOC(OCC)C(=O)Nc1ccc(Cl)c(CON=C(c2ccccc2)c2nnnn2C)n1. The summed E-state index contributed by atoms with van der Waals surface area (Å²) in [5, 5.41) is 18.8. The van der Waals surface area contributed by atoms with Crippen molar-refractivity contribution in [3.05, 3.63) is 64.6 Å². The average molecular weight is 474 g/mol. The Morgan fingerprint density at radius 3 is 2.52 bits per heavy atom. The van der Waals surface area contributed by atoms with Gasteiger partial charge in [0.1, 0.15) is 11.5 Å². The smallest absolute Gasteiger partial charge is 0.282 e. The van der Waals surface area contributed by atoms with Gasteiger partial charge in [-0.05, 0) is 36.4 Å². The van der Waals surface area contributed by atoms with Crippen LogP contribution in [0.5, 0.6) is 0 Å². The molecule has 0 aliphatic carbocycles. The van der Waals surface area contributed by atoms with Crippen LogP contribution in [0.3, 0.4) is 0 Å². The molecule has 1 amide bonds. The van der Waals surface area contributed by atoms with Crippen LogP contribution in [0.15, 0.2) is 47.6 Å². The second-order valence-electron chi connectivity index (χ2n) is 6.56. The molecule has 0 aliphatic heterocycles. The predicted octanol–water partition coefficient (Wildman–Crippen LogP) is 2.57. The highest BCUT2D eigenvalue weighted by Crippen LogP contribution is 2.19. The highest BCUT2D eigenvalue weighted by Gasteiger charge is 2.20. The highest BCUT2D eigenvalue weighted by molar-refractivity contribution is 6.31. The number of hydrogen-bond donors (Lipinski definition) is 1. The molecule has 2 aromatic heterocycles. The molecule has 2 heterocycles. The molecule has 0 bridgehead atoms. The number of pyridine rings is 1. The number of nitrogens with zero attached hydrogens (tertiary/aromatic N) is 6. The first kappa shape index (κ1) is 24.2. The highest BCUT2D eigenvalue weighted by atomic mass is 35.5. The summed E-state index contributed by atoms with van der Waals surface area (Å²) in [5.41, 5.74) is 1.60. The number of rotatable bonds is 11. The van der Waals surface area contributed by atoms with Crippen molar-refractivity contribution in [2.45, 2.75) is 26.7 Å². The van der Waals surface area contributed by atoms with Crippen molar-refractivity contribution < 1.29 is 19.1 Å². The van der Waals surface area contributed by atoms with E-state index in [1.807, 2.05) is 30.3 Å². The molecule has 0 fully saturated rings. The molecule has 0 saturated carbocycles. The molecule has 11 nitrogen and oxygen atoms in total. The normalized spacial score (nSPS) is 11.6. The largest absolute Gasteiger partial charge is 0.389 e. The Morgan fingerprint density at radius 1 is 1.15 bits per heavy atom. The van der Waals surface area contributed by atoms with E-state index in [1.165, 1.54) is 4.68 Å². The number of hydrogen-bond acceptors (Lipinski definition) is 9. The molecule has 1 aromatic carbocycles. The molecule has 12 heteroatoms. The van der Waals surface area contributed by atoms with Crippen LogP contribution in [0, 0.1) is 0 Å². The Labute approximate surface area is 195 Å². The summed E-state index contributed by atoms with van der Waals surface area (Å²) >= 11 is 6.26. The van der Waals surface area contributed by atoms with Gasteiger partial charge in [-0.3, -0.25) is 4.79 Å². The number of aromatic nitrogens is 5. The minimum Gasteiger partial charge on any atom is -0.389 e. The van der Waals surface area contributed by atoms with Gasteiger partial charge in [0.05, 0.1) is 5.02 Å². The summed E-state index contributed by atoms with van der Waals surface area (Å²) in [5.74, 6) is 0.232. The molecule has 174 valence electrons. The van der Waals surface area contributed by atoms with Crippen molar-refractivity contribution in [3.63, 3.8) is 0 Å². The maximum absolute atomic E-state index is 12.4. The van der Waals surface area contributed by atoms with Crippen molar-refractivity contribution in [1.29, 1.82) is 0 Å². The Bertz CT molecular complexity index is 1090. The molecule has 3 aromatic rings. The Balaban J connectivity index is 1.75. The third kappa shape index (κ3) is 6.54. The number of amides is 1. The number of nitrogens with one attached hydrogen (secondary N) is 1. The van der Waals surface area contributed by atoms with Crippen molar-refractivity contribution >= 4 is 29.0 Å². The molecule has 0 atom stereocenters. The van der Waals surface area contributed by atoms with Crippen LogP contribution in [0.1, 0.15) is 30.9 Å². The molecular weight excluding hydrogens is 450 g/mol. The summed E-state index contributed by atoms with van der Waals surface area (Å²) in [4.78, 5) is 22.3. The topological polar surface area (TPSA) is 126 Å². The van der Waals surface area contributed by atoms with E-state index in [-0.39, 0.29) is 12.4 Å². The van der Waals surface area contributed by atoms with Gasteiger partial charge in [-0.1, -0.05) is 47.1 Å². The minimum absolute atomic E-state index is 0.0511. The third-order valence-electron chi connectivity index (χ3n) is 4.26. The van der Waals surface area contributed by atoms with Gasteiger partial charge in [-0.15, -0.1) is 5.10 Å². The van der Waals surface area contributed by atoms with Crippen LogP contribution in [-0.4, -0.2) is 56.3 Å². The summed E-state index contributed by atoms with van der Waals surface area (Å²) in [6.45, 7) is 4.15. The Morgan fingerprint density at radius 2 is 1.88 bits per heavy atom. The number of carbonyl (C=O) groups is 1. The molecule has 3 rings (SSSR count). The minimum atomic E-state index is -1.03. The number of ether oxygens (including phenoxy) is 2. The number of benzene rings is 1. The monoisotopic (exact) mass is 473 g/mol. The van der Waals surface area contributed by atoms with E-state index in [4.69, 9.17) is 25.9 Å². The number of tetrazole rings is 1. The summed E-state index contributed by atoms with van der Waals surface area (Å²) in [6, 6.07) is 12.5. The van der Waals surface area contributed by atoms with Gasteiger partial charge in [0.2, 0.25) is 12.1 Å². The van der Waals surface area contributed by atoms with Gasteiger partial charge in [0, 0.05) is 25.8 Å². The van der Waals surface area contributed by atoms with Gasteiger partial charge in [-0.2, -0.15) is 0 Å². The Kier molecular flexibility index (Phi) is 8.81. The van der Waals surface area contributed by atoms with E-state index in [1.54, 1.807) is 33.0 Å². The van der Waals surface area contributed by atoms with Gasteiger partial charge in [-0.25, -0.2) is 9.67 Å². The van der Waals surface area contributed by atoms with Crippen LogP contribution < -0.4 is 5.32 Å². The van der Waals surface area contributed by atoms with Crippen molar-refractivity contribution in [1.82, 2.24) is 25.2 Å². The fourth-order valence-electron chi connectivity index (χ4n) is 2.75. The van der Waals surface area contributed by atoms with Crippen LogP contribution in [0.4, 0.5) is 5.82 Å².